The van der Waals surface area contributed by atoms with Gasteiger partial charge in [-0.15, -0.1) is 10.2 Å². The molecule has 1 amide bonds. The molecule has 0 saturated heterocycles. The maximum atomic E-state index is 12.2. The largest absolute Gasteiger partial charge is 0.507 e. The number of rotatable bonds is 11. The van der Waals surface area contributed by atoms with Gasteiger partial charge in [0.05, 0.1) is 5.56 Å². The maximum absolute atomic E-state index is 12.2. The lowest BCUT2D eigenvalue weighted by Gasteiger charge is -2.14. The summed E-state index contributed by atoms with van der Waals surface area (Å²) in [7, 11) is -4.82. The highest BCUT2D eigenvalue weighted by Crippen LogP contribution is 2.44. The molecular formula is C28H25Cl2N13O6S. The molecule has 2 aromatic heterocycles. The van der Waals surface area contributed by atoms with Crippen molar-refractivity contribution in [2.45, 2.75) is 25.2 Å². The van der Waals surface area contributed by atoms with E-state index in [9.17, 15) is 28.0 Å². The van der Waals surface area contributed by atoms with E-state index >= 15 is 0 Å². The first kappa shape index (κ1) is 35.3. The molecule has 258 valence electrons. The molecule has 5 aromatic rings. The van der Waals surface area contributed by atoms with Crippen LogP contribution in [0.5, 0.6) is 11.5 Å². The number of nitrogens with one attached hydrogen (secondary N) is 3. The van der Waals surface area contributed by atoms with E-state index in [1.165, 1.54) is 19.1 Å². The van der Waals surface area contributed by atoms with Crippen molar-refractivity contribution in [3.05, 3.63) is 69.7 Å². The Hall–Kier alpha value is -5.96. The Morgan fingerprint density at radius 1 is 0.840 bits per heavy atom. The van der Waals surface area contributed by atoms with Gasteiger partial charge in [0.15, 0.2) is 0 Å². The van der Waals surface area contributed by atoms with Crippen LogP contribution in [0, 0.1) is 6.92 Å². The molecule has 5 rings (SSSR count). The topological polar surface area (TPSA) is 302 Å². The van der Waals surface area contributed by atoms with Crippen LogP contribution in [0.3, 0.4) is 0 Å². The van der Waals surface area contributed by atoms with Crippen molar-refractivity contribution in [1.82, 2.24) is 29.9 Å². The number of halogens is 2. The highest BCUT2D eigenvalue weighted by atomic mass is 35.5. The van der Waals surface area contributed by atoms with Crippen LogP contribution >= 0.6 is 23.2 Å². The lowest BCUT2D eigenvalue weighted by molar-refractivity contribution is 0.0997. The van der Waals surface area contributed by atoms with Crippen molar-refractivity contribution < 1.29 is 28.0 Å². The molecule has 50 heavy (non-hydrogen) atoms. The van der Waals surface area contributed by atoms with Gasteiger partial charge in [-0.2, -0.15) is 38.3 Å². The first-order valence-corrected chi connectivity index (χ1v) is 16.2. The molecule has 0 radical (unpaired) electrons. The zero-order chi connectivity index (χ0) is 36.3. The number of anilines is 7. The summed E-state index contributed by atoms with van der Waals surface area (Å²) in [6.45, 7) is 2.97. The first-order valence-electron chi connectivity index (χ1n) is 14.0. The fraction of sp³-hybridized carbons (Fsp3) is 0.107. The van der Waals surface area contributed by atoms with E-state index < -0.39 is 32.4 Å². The number of azo groups is 1. The molecule has 19 nitrogen and oxygen atoms in total. The third-order valence-corrected chi connectivity index (χ3v) is 7.96. The molecule has 0 atom stereocenters. The van der Waals surface area contributed by atoms with Gasteiger partial charge in [-0.25, -0.2) is 0 Å². The summed E-state index contributed by atoms with van der Waals surface area (Å²) in [5.74, 6) is -2.01. The molecule has 0 unspecified atom stereocenters. The molecule has 22 heteroatoms. The monoisotopic (exact) mass is 741 g/mol. The van der Waals surface area contributed by atoms with Gasteiger partial charge in [0.1, 0.15) is 27.8 Å². The molecule has 0 aliphatic carbocycles. The summed E-state index contributed by atoms with van der Waals surface area (Å²) < 4.78 is 34.2. The molecule has 0 saturated carbocycles. The van der Waals surface area contributed by atoms with E-state index in [1.54, 1.807) is 31.2 Å². The van der Waals surface area contributed by atoms with E-state index in [-0.39, 0.29) is 74.5 Å². The Balaban J connectivity index is 1.44. The van der Waals surface area contributed by atoms with Crippen LogP contribution in [0.4, 0.5) is 52.2 Å². The van der Waals surface area contributed by atoms with Crippen LogP contribution < -0.4 is 27.4 Å². The van der Waals surface area contributed by atoms with E-state index in [0.29, 0.717) is 11.4 Å². The molecule has 3 aromatic carbocycles. The Bertz CT molecular complexity index is 2270. The van der Waals surface area contributed by atoms with E-state index in [0.717, 1.165) is 6.07 Å². The molecule has 2 heterocycles. The van der Waals surface area contributed by atoms with Crippen LogP contribution in [0.1, 0.15) is 28.4 Å². The van der Waals surface area contributed by atoms with Gasteiger partial charge < -0.3 is 37.6 Å². The van der Waals surface area contributed by atoms with Crippen LogP contribution in [-0.4, -0.2) is 59.0 Å². The fourth-order valence-corrected chi connectivity index (χ4v) is 5.51. The number of hydrogen-bond acceptors (Lipinski definition) is 17. The Kier molecular flexibility index (Phi) is 10.1. The number of hydrogen-bond donors (Lipinski definition) is 8. The number of phenols is 2. The normalized spacial score (nSPS) is 11.5. The molecule has 10 N–H and O–H groups in total. The highest BCUT2D eigenvalue weighted by molar-refractivity contribution is 7.86. The fourth-order valence-electron chi connectivity index (χ4n) is 4.58. The van der Waals surface area contributed by atoms with Gasteiger partial charge in [-0.3, -0.25) is 9.35 Å². The second-order valence-electron chi connectivity index (χ2n) is 10.1. The van der Waals surface area contributed by atoms with Gasteiger partial charge in [0.2, 0.25) is 34.4 Å². The number of amides is 1. The summed E-state index contributed by atoms with van der Waals surface area (Å²) in [5.41, 5.74) is 11.3. The molecule has 0 aliphatic heterocycles. The standard InChI is InChI=1S/C28H25Cl2N13O6S/c1-3-15-20(44)18(22(31)46)11(2)19(21(15)45)43-42-16-10-14(7-8-17(16)50(47,48)49)35-28-39-24(30)38-27(41-28)34-13-6-4-5-12(9-13)33-26-37-23(29)36-25(32)40-26/h4-10,44-45H,3H2,1-2H3,(H2,31,46)(H,47,48,49)(H3,32,33,36,37,40)(H2,34,35,38,39,41). The smallest absolute Gasteiger partial charge is 0.296 e. The van der Waals surface area contributed by atoms with Gasteiger partial charge in [-0.05, 0) is 78.5 Å². The summed E-state index contributed by atoms with van der Waals surface area (Å²) in [4.78, 5) is 35.5. The third kappa shape index (κ3) is 8.01. The molecular weight excluding hydrogens is 717 g/mol. The van der Waals surface area contributed by atoms with E-state index in [1.807, 2.05) is 0 Å². The number of carbonyl (C=O) groups is 1. The predicted molar refractivity (Wildman–Crippen MR) is 183 cm³/mol. The van der Waals surface area contributed by atoms with E-state index in [2.05, 4.69) is 56.1 Å². The number of benzene rings is 3. The van der Waals surface area contributed by atoms with Crippen LogP contribution in [0.25, 0.3) is 0 Å². The van der Waals surface area contributed by atoms with E-state index in [4.69, 9.17) is 34.7 Å². The summed E-state index contributed by atoms with van der Waals surface area (Å²) >= 11 is 12.0. The molecule has 0 aliphatic rings. The number of primary amides is 1. The van der Waals surface area contributed by atoms with Crippen LogP contribution in [0.2, 0.25) is 10.6 Å². The van der Waals surface area contributed by atoms with Crippen molar-refractivity contribution >= 4 is 91.5 Å². The van der Waals surface area contributed by atoms with Gasteiger partial charge in [0, 0.05) is 22.6 Å². The third-order valence-electron chi connectivity index (χ3n) is 6.72. The number of nitrogens with zero attached hydrogens (tertiary/aromatic N) is 8. The number of aromatic hydroxyl groups is 2. The van der Waals surface area contributed by atoms with Gasteiger partial charge in [-0.1, -0.05) is 13.0 Å². The van der Waals surface area contributed by atoms with Crippen molar-refractivity contribution in [2.24, 2.45) is 16.0 Å². The number of nitrogen functional groups attached to an aromatic ring is 1. The minimum atomic E-state index is -4.82. The summed E-state index contributed by atoms with van der Waals surface area (Å²) in [5, 5.41) is 37.6. The highest BCUT2D eigenvalue weighted by Gasteiger charge is 2.24. The SMILES string of the molecule is CCc1c(O)c(N=Nc2cc(Nc3nc(Cl)nc(Nc4cccc(Nc5nc(N)nc(Cl)n5)c4)n3)ccc2S(=O)(=O)O)c(C)c(C(N)=O)c1O. The van der Waals surface area contributed by atoms with Crippen LogP contribution in [0.15, 0.2) is 57.6 Å². The lowest BCUT2D eigenvalue weighted by Crippen LogP contribution is -2.14. The maximum Gasteiger partial charge on any atom is 0.296 e. The van der Waals surface area contributed by atoms with Crippen molar-refractivity contribution in [3.8, 4) is 11.5 Å². The van der Waals surface area contributed by atoms with Gasteiger partial charge >= 0.3 is 0 Å². The van der Waals surface area contributed by atoms with Gasteiger partial charge in [0.25, 0.3) is 16.0 Å². The second-order valence-corrected chi connectivity index (χ2v) is 12.2. The Morgan fingerprint density at radius 3 is 1.94 bits per heavy atom. The summed E-state index contributed by atoms with van der Waals surface area (Å²) in [6, 6.07) is 10.3. The average Bonchev–Trinajstić information content (AvgIpc) is 3.00. The molecule has 0 fully saturated rings. The zero-order valence-electron chi connectivity index (χ0n) is 25.7. The molecule has 0 spiro atoms. The Morgan fingerprint density at radius 2 is 1.40 bits per heavy atom. The number of nitrogens with two attached hydrogens (primary N) is 2. The summed E-state index contributed by atoms with van der Waals surface area (Å²) in [6.07, 6.45) is 0.0928. The number of aromatic nitrogens is 6. The quantitative estimate of drug-likeness (QED) is 0.0635. The van der Waals surface area contributed by atoms with Crippen molar-refractivity contribution in [3.63, 3.8) is 0 Å². The lowest BCUT2D eigenvalue weighted by atomic mass is 9.98. The number of phenolic OH excluding ortho intramolecular Hbond substituents is 1. The first-order chi connectivity index (χ1) is 23.6. The zero-order valence-corrected chi connectivity index (χ0v) is 28.0. The predicted octanol–water partition coefficient (Wildman–Crippen LogP) is 5.22. The van der Waals surface area contributed by atoms with Crippen molar-refractivity contribution in [2.75, 3.05) is 21.7 Å². The number of carbonyl (C=O) groups excluding carboxylic acids is 1. The second kappa shape index (κ2) is 14.3. The Labute approximate surface area is 292 Å². The molecule has 0 bridgehead atoms. The minimum Gasteiger partial charge on any atom is -0.507 e. The average molecular weight is 743 g/mol. The minimum absolute atomic E-state index is 0.0156. The van der Waals surface area contributed by atoms with Crippen molar-refractivity contribution in [1.29, 1.82) is 0 Å². The van der Waals surface area contributed by atoms with Crippen LogP contribution in [-0.2, 0) is 16.5 Å².